The summed E-state index contributed by atoms with van der Waals surface area (Å²) in [4.78, 5) is 11.5. The zero-order valence-electron chi connectivity index (χ0n) is 16.5. The van der Waals surface area contributed by atoms with Crippen molar-refractivity contribution in [3.63, 3.8) is 0 Å². The third kappa shape index (κ3) is 4.44. The fraction of sp³-hybridized carbons (Fsp3) is 0.850. The van der Waals surface area contributed by atoms with Crippen LogP contribution < -0.4 is 0 Å². The van der Waals surface area contributed by atoms with Crippen molar-refractivity contribution < 1.29 is 4.79 Å². The summed E-state index contributed by atoms with van der Waals surface area (Å²) in [5.74, 6) is 0.248. The Labute approximate surface area is 199 Å². The normalized spacial score (nSPS) is 30.9. The number of unbranched alkanes of at least 4 members (excludes halogenated alkanes) is 5. The smallest absolute Gasteiger partial charge is 0.222 e. The highest BCUT2D eigenvalue weighted by Gasteiger charge is 2.77. The predicted octanol–water partition coefficient (Wildman–Crippen LogP) is 7.83. The second-order valence-corrected chi connectivity index (χ2v) is 11.4. The van der Waals surface area contributed by atoms with Gasteiger partial charge in [0, 0.05) is 20.0 Å². The molecule has 0 aromatic heterocycles. The van der Waals surface area contributed by atoms with Gasteiger partial charge < -0.3 is 4.90 Å². The molecule has 0 aromatic carbocycles. The van der Waals surface area contributed by atoms with E-state index in [1.54, 1.807) is 0 Å². The van der Waals surface area contributed by atoms with Crippen LogP contribution in [0.1, 0.15) is 71.1 Å². The van der Waals surface area contributed by atoms with Gasteiger partial charge in [0.05, 0.1) is 10.1 Å². The lowest BCUT2D eigenvalue weighted by Crippen LogP contribution is -2.44. The van der Waals surface area contributed by atoms with Crippen molar-refractivity contribution in [3.8, 4) is 0 Å². The average molecular weight is 512 g/mol. The number of allylic oxidation sites excluding steroid dienone is 2. The number of hydrogen-bond donors (Lipinski definition) is 0. The van der Waals surface area contributed by atoms with Gasteiger partial charge in [-0.1, -0.05) is 85.4 Å². The molecule has 0 heterocycles. The average Bonchev–Trinajstić information content (AvgIpc) is 2.86. The quantitative estimate of drug-likeness (QED) is 0.204. The van der Waals surface area contributed by atoms with Gasteiger partial charge in [0.1, 0.15) is 9.75 Å². The number of amides is 1. The molecular formula is C20H29Cl6NO. The Balaban J connectivity index is 1.66. The molecule has 0 aliphatic heterocycles. The van der Waals surface area contributed by atoms with Crippen molar-refractivity contribution >= 4 is 75.5 Å². The number of alkyl halides is 4. The minimum Gasteiger partial charge on any atom is -0.346 e. The summed E-state index contributed by atoms with van der Waals surface area (Å²) >= 11 is 39.1. The molecule has 162 valence electrons. The monoisotopic (exact) mass is 509 g/mol. The van der Waals surface area contributed by atoms with Crippen LogP contribution in [-0.4, -0.2) is 38.5 Å². The van der Waals surface area contributed by atoms with Gasteiger partial charge in [-0.05, 0) is 31.6 Å². The summed E-state index contributed by atoms with van der Waals surface area (Å²) in [6, 6.07) is 0. The zero-order valence-corrected chi connectivity index (χ0v) is 21.0. The van der Waals surface area contributed by atoms with Crippen molar-refractivity contribution in [2.75, 3.05) is 13.6 Å². The number of fused-ring (bicyclic) bond motifs is 2. The SMILES string of the molecule is CCCN(C)C(=O)CCCCCCCC[C@H]1C[C@]2(Cl)C(Cl)=C(Cl)[C@]1(Cl)C2(Cl)Cl. The summed E-state index contributed by atoms with van der Waals surface area (Å²) in [5.41, 5.74) is 0. The molecule has 0 spiro atoms. The maximum Gasteiger partial charge on any atom is 0.222 e. The molecule has 0 N–H and O–H groups in total. The third-order valence-electron chi connectivity index (χ3n) is 6.08. The molecule has 28 heavy (non-hydrogen) atoms. The van der Waals surface area contributed by atoms with Gasteiger partial charge in [0.15, 0.2) is 4.33 Å². The summed E-state index contributed by atoms with van der Waals surface area (Å²) < 4.78 is -1.40. The van der Waals surface area contributed by atoms with Gasteiger partial charge in [-0.25, -0.2) is 0 Å². The van der Waals surface area contributed by atoms with Gasteiger partial charge >= 0.3 is 0 Å². The largest absolute Gasteiger partial charge is 0.346 e. The van der Waals surface area contributed by atoms with E-state index >= 15 is 0 Å². The van der Waals surface area contributed by atoms with Crippen LogP contribution in [0.15, 0.2) is 10.1 Å². The number of carbonyl (C=O) groups excluding carboxylic acids is 1. The van der Waals surface area contributed by atoms with E-state index in [0.29, 0.717) is 17.9 Å². The second-order valence-electron chi connectivity index (χ2n) is 8.09. The van der Waals surface area contributed by atoms with Crippen LogP contribution in [0.25, 0.3) is 0 Å². The highest BCUT2D eigenvalue weighted by Crippen LogP contribution is 2.74. The van der Waals surface area contributed by atoms with Gasteiger partial charge in [0.25, 0.3) is 0 Å². The summed E-state index contributed by atoms with van der Waals surface area (Å²) in [7, 11) is 1.88. The summed E-state index contributed by atoms with van der Waals surface area (Å²) in [6.07, 6.45) is 9.43. The van der Waals surface area contributed by atoms with Crippen LogP contribution in [-0.2, 0) is 4.79 Å². The lowest BCUT2D eigenvalue weighted by Gasteiger charge is -2.33. The van der Waals surface area contributed by atoms with E-state index in [2.05, 4.69) is 6.92 Å². The lowest BCUT2D eigenvalue weighted by molar-refractivity contribution is -0.130. The molecule has 2 bridgehead atoms. The van der Waals surface area contributed by atoms with E-state index in [1.165, 1.54) is 0 Å². The first kappa shape index (κ1) is 25.2. The molecule has 1 fully saturated rings. The van der Waals surface area contributed by atoms with E-state index in [0.717, 1.165) is 57.9 Å². The maximum atomic E-state index is 11.9. The van der Waals surface area contributed by atoms with Crippen LogP contribution in [0.4, 0.5) is 0 Å². The van der Waals surface area contributed by atoms with E-state index in [9.17, 15) is 4.79 Å². The van der Waals surface area contributed by atoms with E-state index in [4.69, 9.17) is 69.6 Å². The topological polar surface area (TPSA) is 20.3 Å². The van der Waals surface area contributed by atoms with E-state index < -0.39 is 14.1 Å². The van der Waals surface area contributed by atoms with E-state index in [-0.39, 0.29) is 16.9 Å². The Morgan fingerprint density at radius 1 is 1.00 bits per heavy atom. The van der Waals surface area contributed by atoms with Crippen molar-refractivity contribution in [2.45, 2.75) is 85.2 Å². The van der Waals surface area contributed by atoms with Crippen molar-refractivity contribution in [2.24, 2.45) is 5.92 Å². The van der Waals surface area contributed by atoms with Gasteiger partial charge in [-0.3, -0.25) is 4.79 Å². The molecule has 0 radical (unpaired) electrons. The molecule has 2 aliphatic rings. The molecule has 2 rings (SSSR count). The second kappa shape index (κ2) is 10.0. The predicted molar refractivity (Wildman–Crippen MR) is 123 cm³/mol. The molecular weight excluding hydrogens is 483 g/mol. The zero-order chi connectivity index (χ0) is 21.2. The van der Waals surface area contributed by atoms with Gasteiger partial charge in [-0.15, -0.1) is 23.2 Å². The molecule has 2 aliphatic carbocycles. The minimum atomic E-state index is -1.40. The van der Waals surface area contributed by atoms with Gasteiger partial charge in [0.2, 0.25) is 5.91 Å². The number of halogens is 6. The lowest BCUT2D eigenvalue weighted by atomic mass is 9.87. The first-order chi connectivity index (χ1) is 13.0. The molecule has 8 heteroatoms. The van der Waals surface area contributed by atoms with Crippen LogP contribution >= 0.6 is 69.6 Å². The van der Waals surface area contributed by atoms with Gasteiger partial charge in [-0.2, -0.15) is 0 Å². The van der Waals surface area contributed by atoms with Crippen molar-refractivity contribution in [1.82, 2.24) is 4.90 Å². The summed E-state index contributed by atoms with van der Waals surface area (Å²) in [5, 5.41) is 0.580. The Hall–Kier alpha value is 0.950. The number of nitrogens with zero attached hydrogens (tertiary/aromatic N) is 1. The molecule has 0 saturated heterocycles. The van der Waals surface area contributed by atoms with Crippen LogP contribution in [0.3, 0.4) is 0 Å². The molecule has 0 aromatic rings. The number of hydrogen-bond acceptors (Lipinski definition) is 1. The molecule has 2 nitrogen and oxygen atoms in total. The summed E-state index contributed by atoms with van der Waals surface area (Å²) in [6.45, 7) is 2.92. The van der Waals surface area contributed by atoms with Crippen LogP contribution in [0.2, 0.25) is 0 Å². The van der Waals surface area contributed by atoms with Crippen LogP contribution in [0.5, 0.6) is 0 Å². The fourth-order valence-corrected chi connectivity index (χ4v) is 7.23. The molecule has 1 amide bonds. The maximum absolute atomic E-state index is 11.9. The Morgan fingerprint density at radius 2 is 1.57 bits per heavy atom. The highest BCUT2D eigenvalue weighted by atomic mass is 35.5. The molecule has 0 unspecified atom stereocenters. The van der Waals surface area contributed by atoms with E-state index in [1.807, 2.05) is 11.9 Å². The number of carbonyl (C=O) groups is 1. The highest BCUT2D eigenvalue weighted by molar-refractivity contribution is 6.65. The fourth-order valence-electron chi connectivity index (χ4n) is 4.36. The van der Waals surface area contributed by atoms with Crippen molar-refractivity contribution in [1.29, 1.82) is 0 Å². The standard InChI is InChI=1S/C20H29Cl6NO/c1-3-12-27(2)15(28)11-9-7-5-4-6-8-10-14-13-18(23)16(21)17(22)19(14,24)20(18,25)26/h14H,3-13H2,1-2H3/t14-,18-,19-/m0/s1. The molecule has 1 saturated carbocycles. The Morgan fingerprint density at radius 3 is 2.11 bits per heavy atom. The third-order valence-corrected chi connectivity index (χ3v) is 10.4. The van der Waals surface area contributed by atoms with Crippen LogP contribution in [0, 0.1) is 5.92 Å². The minimum absolute atomic E-state index is 0.00314. The molecule has 3 atom stereocenters. The first-order valence-corrected chi connectivity index (χ1v) is 12.4. The first-order valence-electron chi connectivity index (χ1n) is 10.1. The Bertz CT molecular complexity index is 610. The Kier molecular flexibility index (Phi) is 9.05. The number of rotatable bonds is 11. The van der Waals surface area contributed by atoms with Crippen molar-refractivity contribution in [3.05, 3.63) is 10.1 Å².